The summed E-state index contributed by atoms with van der Waals surface area (Å²) in [6.07, 6.45) is 1.42. The highest BCUT2D eigenvalue weighted by Gasteiger charge is 2.32. The normalized spacial score (nSPS) is 16.6. The quantitative estimate of drug-likeness (QED) is 0.712. The summed E-state index contributed by atoms with van der Waals surface area (Å²) in [5.41, 5.74) is 9.59. The molecule has 2 aromatic rings. The van der Waals surface area contributed by atoms with Crippen LogP contribution in [-0.2, 0) is 17.6 Å². The molecule has 0 spiro atoms. The van der Waals surface area contributed by atoms with Crippen LogP contribution in [0.5, 0.6) is 0 Å². The van der Waals surface area contributed by atoms with Gasteiger partial charge in [0.05, 0.1) is 6.04 Å². The molecule has 0 radical (unpaired) electrons. The van der Waals surface area contributed by atoms with Crippen LogP contribution < -0.4 is 16.0 Å². The lowest BCUT2D eigenvalue weighted by Gasteiger charge is -2.24. The Balaban J connectivity index is 1.78. The first-order chi connectivity index (χ1) is 12.6. The lowest BCUT2D eigenvalue weighted by Crippen LogP contribution is -2.29. The van der Waals surface area contributed by atoms with Crippen molar-refractivity contribution in [2.75, 3.05) is 18.0 Å². The molecule has 1 saturated heterocycles. The van der Waals surface area contributed by atoms with Crippen molar-refractivity contribution in [2.45, 2.75) is 25.3 Å². The largest absolute Gasteiger partial charge is 0.481 e. The number of nitrogens with one attached hydrogen (secondary N) is 1. The number of aliphatic carboxylic acids is 1. The van der Waals surface area contributed by atoms with E-state index in [-0.39, 0.29) is 18.5 Å². The molecule has 3 rings (SSSR count). The van der Waals surface area contributed by atoms with Gasteiger partial charge in [-0.1, -0.05) is 36.4 Å². The molecule has 6 nitrogen and oxygen atoms in total. The first-order valence-corrected chi connectivity index (χ1v) is 8.75. The van der Waals surface area contributed by atoms with Crippen molar-refractivity contribution < 1.29 is 14.7 Å². The van der Waals surface area contributed by atoms with Gasteiger partial charge in [-0.15, -0.1) is 0 Å². The van der Waals surface area contributed by atoms with Gasteiger partial charge in [0.25, 0.3) is 0 Å². The number of aryl methyl sites for hydroxylation is 1. The number of carboxylic acid groups (broad SMARTS) is 1. The summed E-state index contributed by atoms with van der Waals surface area (Å²) in [6, 6.07) is 15.5. The Hall–Kier alpha value is -2.86. The molecule has 136 valence electrons. The van der Waals surface area contributed by atoms with Crippen molar-refractivity contribution >= 4 is 17.7 Å². The summed E-state index contributed by atoms with van der Waals surface area (Å²) in [5.74, 6) is -0.814. The second kappa shape index (κ2) is 8.01. The Morgan fingerprint density at radius 2 is 1.69 bits per heavy atom. The fraction of sp³-hybridized carbons (Fsp3) is 0.300. The van der Waals surface area contributed by atoms with E-state index in [1.54, 1.807) is 4.90 Å². The lowest BCUT2D eigenvalue weighted by molar-refractivity contribution is -0.136. The van der Waals surface area contributed by atoms with Gasteiger partial charge in [-0.25, -0.2) is 4.79 Å². The number of hydrogen-bond donors (Lipinski definition) is 3. The number of nitrogens with zero attached hydrogens (tertiary/aromatic N) is 1. The van der Waals surface area contributed by atoms with Crippen LogP contribution in [0.1, 0.15) is 29.2 Å². The topological polar surface area (TPSA) is 95.7 Å². The van der Waals surface area contributed by atoms with E-state index >= 15 is 0 Å². The maximum Gasteiger partial charge on any atom is 0.322 e. The molecule has 4 N–H and O–H groups in total. The van der Waals surface area contributed by atoms with Gasteiger partial charge in [0.2, 0.25) is 0 Å². The summed E-state index contributed by atoms with van der Waals surface area (Å²) in [7, 11) is 0. The molecule has 0 saturated carbocycles. The van der Waals surface area contributed by atoms with Crippen molar-refractivity contribution in [2.24, 2.45) is 5.73 Å². The predicted octanol–water partition coefficient (Wildman–Crippen LogP) is 2.48. The van der Waals surface area contributed by atoms with E-state index in [0.717, 1.165) is 23.2 Å². The number of anilines is 1. The average molecular weight is 353 g/mol. The number of carboxylic acids is 1. The zero-order valence-electron chi connectivity index (χ0n) is 14.5. The zero-order valence-corrected chi connectivity index (χ0v) is 14.5. The first kappa shape index (κ1) is 17.9. The second-order valence-electron chi connectivity index (χ2n) is 6.41. The molecular formula is C20H23N3O3. The van der Waals surface area contributed by atoms with Crippen molar-refractivity contribution in [3.05, 3.63) is 65.2 Å². The monoisotopic (exact) mass is 353 g/mol. The number of urea groups is 1. The van der Waals surface area contributed by atoms with E-state index < -0.39 is 5.97 Å². The minimum Gasteiger partial charge on any atom is -0.481 e. The van der Waals surface area contributed by atoms with Gasteiger partial charge >= 0.3 is 12.0 Å². The SMILES string of the molecule is NCCc1ccc(C2CNC(=O)N2c2ccc(CCC(=O)O)cc2)cc1. The fourth-order valence-electron chi connectivity index (χ4n) is 3.21. The molecule has 1 aliphatic heterocycles. The number of hydrogen-bond acceptors (Lipinski definition) is 3. The summed E-state index contributed by atoms with van der Waals surface area (Å²) in [6.45, 7) is 1.17. The second-order valence-corrected chi connectivity index (χ2v) is 6.41. The van der Waals surface area contributed by atoms with E-state index in [1.165, 1.54) is 5.56 Å². The first-order valence-electron chi connectivity index (χ1n) is 8.75. The Morgan fingerprint density at radius 1 is 1.08 bits per heavy atom. The van der Waals surface area contributed by atoms with Crippen LogP contribution in [0.4, 0.5) is 10.5 Å². The molecular weight excluding hydrogens is 330 g/mol. The summed E-state index contributed by atoms with van der Waals surface area (Å²) >= 11 is 0. The minimum absolute atomic E-state index is 0.0701. The summed E-state index contributed by atoms with van der Waals surface area (Å²) in [4.78, 5) is 24.8. The van der Waals surface area contributed by atoms with Crippen molar-refractivity contribution in [1.29, 1.82) is 0 Å². The molecule has 1 aliphatic rings. The molecule has 0 bridgehead atoms. The van der Waals surface area contributed by atoms with Crippen molar-refractivity contribution in [3.63, 3.8) is 0 Å². The summed E-state index contributed by atoms with van der Waals surface area (Å²) < 4.78 is 0. The molecule has 2 aromatic carbocycles. The summed E-state index contributed by atoms with van der Waals surface area (Å²) in [5, 5.41) is 11.7. The number of rotatable bonds is 7. The third-order valence-corrected chi connectivity index (χ3v) is 4.62. The van der Waals surface area contributed by atoms with Crippen LogP contribution in [0, 0.1) is 0 Å². The van der Waals surface area contributed by atoms with Crippen LogP contribution in [0.25, 0.3) is 0 Å². The lowest BCUT2D eigenvalue weighted by atomic mass is 10.0. The van der Waals surface area contributed by atoms with Crippen LogP contribution in [0.15, 0.2) is 48.5 Å². The highest BCUT2D eigenvalue weighted by Crippen LogP contribution is 2.31. The maximum atomic E-state index is 12.3. The van der Waals surface area contributed by atoms with Crippen LogP contribution in [-0.4, -0.2) is 30.2 Å². The number of carbonyl (C=O) groups excluding carboxylic acids is 1. The molecule has 0 aliphatic carbocycles. The Morgan fingerprint density at radius 3 is 2.31 bits per heavy atom. The van der Waals surface area contributed by atoms with Crippen molar-refractivity contribution in [3.8, 4) is 0 Å². The Labute approximate surface area is 152 Å². The molecule has 26 heavy (non-hydrogen) atoms. The smallest absolute Gasteiger partial charge is 0.322 e. The molecule has 6 heteroatoms. The van der Waals surface area contributed by atoms with Crippen molar-refractivity contribution in [1.82, 2.24) is 5.32 Å². The number of benzene rings is 2. The van der Waals surface area contributed by atoms with E-state index in [9.17, 15) is 9.59 Å². The standard InChI is InChI=1S/C20H23N3O3/c21-12-11-15-1-6-16(7-2-15)18-13-22-20(26)23(18)17-8-3-14(4-9-17)5-10-19(24)25/h1-4,6-9,18H,5,10-13,21H2,(H,22,26)(H,24,25). The number of amides is 2. The third-order valence-electron chi connectivity index (χ3n) is 4.62. The van der Waals surface area contributed by atoms with Gasteiger partial charge in [-0.3, -0.25) is 9.69 Å². The number of carbonyl (C=O) groups is 2. The highest BCUT2D eigenvalue weighted by atomic mass is 16.4. The molecule has 1 unspecified atom stereocenters. The van der Waals surface area contributed by atoms with E-state index in [4.69, 9.17) is 10.8 Å². The number of nitrogens with two attached hydrogens (primary N) is 1. The molecule has 1 heterocycles. The fourth-order valence-corrected chi connectivity index (χ4v) is 3.21. The molecule has 0 aromatic heterocycles. The minimum atomic E-state index is -0.814. The molecule has 1 atom stereocenters. The Kier molecular flexibility index (Phi) is 5.53. The van der Waals surface area contributed by atoms with Crippen LogP contribution >= 0.6 is 0 Å². The van der Waals surface area contributed by atoms with Gasteiger partial charge in [-0.2, -0.15) is 0 Å². The molecule has 2 amide bonds. The van der Waals surface area contributed by atoms with E-state index in [1.807, 2.05) is 36.4 Å². The zero-order chi connectivity index (χ0) is 18.5. The van der Waals surface area contributed by atoms with Gasteiger partial charge in [0, 0.05) is 18.7 Å². The van der Waals surface area contributed by atoms with E-state index in [2.05, 4.69) is 17.4 Å². The van der Waals surface area contributed by atoms with Gasteiger partial charge < -0.3 is 16.2 Å². The van der Waals surface area contributed by atoms with E-state index in [0.29, 0.717) is 19.5 Å². The Bertz CT molecular complexity index is 772. The van der Waals surface area contributed by atoms with Crippen LogP contribution in [0.2, 0.25) is 0 Å². The third kappa shape index (κ3) is 4.03. The predicted molar refractivity (Wildman–Crippen MR) is 100 cm³/mol. The average Bonchev–Trinajstić information content (AvgIpc) is 3.03. The maximum absolute atomic E-state index is 12.3. The van der Waals surface area contributed by atoms with Gasteiger partial charge in [0.15, 0.2) is 0 Å². The van der Waals surface area contributed by atoms with Crippen LogP contribution in [0.3, 0.4) is 0 Å². The van der Waals surface area contributed by atoms with Gasteiger partial charge in [0.1, 0.15) is 0 Å². The highest BCUT2D eigenvalue weighted by molar-refractivity contribution is 5.95. The molecule has 1 fully saturated rings. The van der Waals surface area contributed by atoms with Gasteiger partial charge in [-0.05, 0) is 48.2 Å².